The van der Waals surface area contributed by atoms with E-state index in [9.17, 15) is 0 Å². The van der Waals surface area contributed by atoms with Crippen molar-refractivity contribution in [3.05, 3.63) is 12.2 Å². The van der Waals surface area contributed by atoms with Gasteiger partial charge >= 0.3 is 0 Å². The van der Waals surface area contributed by atoms with Crippen molar-refractivity contribution in [2.24, 2.45) is 16.1 Å². The number of hydrazone groups is 2. The highest BCUT2D eigenvalue weighted by atomic mass is 15.5. The molecule has 0 amide bonds. The van der Waals surface area contributed by atoms with Crippen LogP contribution in [0.1, 0.15) is 25.7 Å². The van der Waals surface area contributed by atoms with Gasteiger partial charge in [0.1, 0.15) is 0 Å². The third-order valence-electron chi connectivity index (χ3n) is 2.44. The van der Waals surface area contributed by atoms with E-state index in [2.05, 4.69) is 21.8 Å². The third kappa shape index (κ3) is 1.55. The maximum atomic E-state index is 4.19. The van der Waals surface area contributed by atoms with Gasteiger partial charge in [-0.15, -0.1) is 0 Å². The number of nitrogens with zero attached hydrogens (tertiary/aromatic N) is 2. The third-order valence-corrected chi connectivity index (χ3v) is 2.44. The van der Waals surface area contributed by atoms with Crippen molar-refractivity contribution in [1.82, 2.24) is 5.53 Å². The van der Waals surface area contributed by atoms with Gasteiger partial charge in [0, 0.05) is 12.1 Å². The highest BCUT2D eigenvalue weighted by Crippen LogP contribution is 2.26. The first kappa shape index (κ1) is 7.53. The summed E-state index contributed by atoms with van der Waals surface area (Å²) in [6, 6.07) is 0. The number of nitrogens with one attached hydrogen (secondary N) is 1. The summed E-state index contributed by atoms with van der Waals surface area (Å²) in [5, 5.41) is 8.03. The van der Waals surface area contributed by atoms with E-state index in [-0.39, 0.29) is 0 Å². The molecule has 0 aromatic carbocycles. The molecule has 3 heteroatoms. The summed E-state index contributed by atoms with van der Waals surface area (Å²) in [4.78, 5) is 0. The lowest BCUT2D eigenvalue weighted by atomic mass is 10.0. The average Bonchev–Trinajstić information content (AvgIpc) is 2.48. The first-order valence-corrected chi connectivity index (χ1v) is 4.49. The minimum atomic E-state index is 0.662. The zero-order chi connectivity index (χ0) is 8.23. The van der Waals surface area contributed by atoms with Gasteiger partial charge in [-0.25, -0.2) is 0 Å². The van der Waals surface area contributed by atoms with Gasteiger partial charge in [0.25, 0.3) is 0 Å². The van der Waals surface area contributed by atoms with Gasteiger partial charge in [0.15, 0.2) is 0 Å². The lowest BCUT2D eigenvalue weighted by Crippen LogP contribution is -2.10. The second-order valence-electron chi connectivity index (χ2n) is 3.26. The number of rotatable bonds is 1. The maximum absolute atomic E-state index is 4.19. The van der Waals surface area contributed by atoms with E-state index in [0.29, 0.717) is 5.92 Å². The Morgan fingerprint density at radius 1 is 1.33 bits per heavy atom. The molecule has 2 rings (SSSR count). The molecule has 1 aliphatic heterocycles. The molecule has 1 heterocycles. The van der Waals surface area contributed by atoms with E-state index < -0.39 is 0 Å². The van der Waals surface area contributed by atoms with Gasteiger partial charge < -0.3 is 0 Å². The van der Waals surface area contributed by atoms with Crippen LogP contribution >= 0.6 is 0 Å². The normalized spacial score (nSPS) is 23.5. The molecular weight excluding hydrogens is 150 g/mol. The Morgan fingerprint density at radius 3 is 3.00 bits per heavy atom. The first-order chi connectivity index (χ1) is 5.97. The molecule has 1 N–H and O–H groups in total. The van der Waals surface area contributed by atoms with Crippen LogP contribution in [0, 0.1) is 5.92 Å². The van der Waals surface area contributed by atoms with Crippen molar-refractivity contribution >= 4 is 11.9 Å². The molecule has 1 fully saturated rings. The maximum Gasteiger partial charge on any atom is 0.0655 e. The minimum Gasteiger partial charge on any atom is -0.198 e. The molecule has 0 aromatic heterocycles. The van der Waals surface area contributed by atoms with Crippen LogP contribution < -0.4 is 5.53 Å². The zero-order valence-electron chi connectivity index (χ0n) is 7.03. The minimum absolute atomic E-state index is 0.662. The van der Waals surface area contributed by atoms with Crippen LogP contribution in [0.5, 0.6) is 0 Å². The van der Waals surface area contributed by atoms with Gasteiger partial charge in [-0.3, -0.25) is 0 Å². The molecule has 0 spiro atoms. The Balaban J connectivity index is 2.06. The van der Waals surface area contributed by atoms with Crippen LogP contribution in [0.3, 0.4) is 0 Å². The van der Waals surface area contributed by atoms with Crippen molar-refractivity contribution in [2.45, 2.75) is 25.7 Å². The van der Waals surface area contributed by atoms with Gasteiger partial charge in [-0.1, -0.05) is 12.8 Å². The first-order valence-electron chi connectivity index (χ1n) is 4.49. The molecule has 0 atom stereocenters. The molecule has 0 radical (unpaired) electrons. The average molecular weight is 163 g/mol. The van der Waals surface area contributed by atoms with Crippen LogP contribution in [0.4, 0.5) is 0 Å². The summed E-state index contributed by atoms with van der Waals surface area (Å²) in [5.41, 5.74) is 3.83. The van der Waals surface area contributed by atoms with Crippen molar-refractivity contribution in [2.75, 3.05) is 0 Å². The fourth-order valence-electron chi connectivity index (χ4n) is 1.79. The molecule has 2 aliphatic rings. The Bertz CT molecular complexity index is 234. The Hall–Kier alpha value is -1.12. The Labute approximate surface area is 72.2 Å². The van der Waals surface area contributed by atoms with E-state index in [1.807, 2.05) is 6.08 Å². The van der Waals surface area contributed by atoms with Gasteiger partial charge in [-0.2, -0.15) is 15.7 Å². The molecule has 12 heavy (non-hydrogen) atoms. The van der Waals surface area contributed by atoms with E-state index >= 15 is 0 Å². The molecule has 3 nitrogen and oxygen atoms in total. The van der Waals surface area contributed by atoms with Crippen LogP contribution in [-0.2, 0) is 0 Å². The fourth-order valence-corrected chi connectivity index (χ4v) is 1.79. The van der Waals surface area contributed by atoms with Crippen LogP contribution in [0.2, 0.25) is 0 Å². The number of allylic oxidation sites excluding steroid dienone is 2. The van der Waals surface area contributed by atoms with Gasteiger partial charge in [0.2, 0.25) is 0 Å². The second-order valence-corrected chi connectivity index (χ2v) is 3.26. The van der Waals surface area contributed by atoms with Crippen molar-refractivity contribution in [3.63, 3.8) is 0 Å². The summed E-state index contributed by atoms with van der Waals surface area (Å²) in [6.07, 6.45) is 11.0. The fraction of sp³-hybridized carbons (Fsp3) is 0.556. The molecule has 0 aromatic rings. The van der Waals surface area contributed by atoms with Gasteiger partial charge in [0.05, 0.1) is 5.71 Å². The highest BCUT2D eigenvalue weighted by Gasteiger charge is 2.19. The van der Waals surface area contributed by atoms with Gasteiger partial charge in [-0.05, 0) is 25.0 Å². The molecule has 1 saturated carbocycles. The van der Waals surface area contributed by atoms with Crippen LogP contribution in [0.25, 0.3) is 0 Å². The van der Waals surface area contributed by atoms with Crippen molar-refractivity contribution in [1.29, 1.82) is 0 Å². The van der Waals surface area contributed by atoms with E-state index in [1.54, 1.807) is 6.21 Å². The van der Waals surface area contributed by atoms with Crippen molar-refractivity contribution < 1.29 is 0 Å². The van der Waals surface area contributed by atoms with E-state index in [1.165, 1.54) is 25.7 Å². The molecule has 0 saturated heterocycles. The standard InChI is InChI=1S/C9H13N3/c1-2-5-8(4-1)9-6-3-7-10-12-11-9/h3,6-8,12H,1-2,4-5H2. The molecule has 64 valence electrons. The molecule has 0 unspecified atom stereocenters. The SMILES string of the molecule is C1=CC(C2CCCC2)=NNN=C1. The summed E-state index contributed by atoms with van der Waals surface area (Å²) >= 11 is 0. The number of hydrogen-bond acceptors (Lipinski definition) is 3. The summed E-state index contributed by atoms with van der Waals surface area (Å²) in [5.74, 6) is 0.662. The van der Waals surface area contributed by atoms with Crippen LogP contribution in [-0.4, -0.2) is 11.9 Å². The highest BCUT2D eigenvalue weighted by molar-refractivity contribution is 5.99. The largest absolute Gasteiger partial charge is 0.198 e. The zero-order valence-corrected chi connectivity index (χ0v) is 7.03. The van der Waals surface area contributed by atoms with Crippen molar-refractivity contribution in [3.8, 4) is 0 Å². The molecule has 1 aliphatic carbocycles. The second kappa shape index (κ2) is 3.52. The predicted octanol–water partition coefficient (Wildman–Crippen LogP) is 1.68. The summed E-state index contributed by atoms with van der Waals surface area (Å²) < 4.78 is 0. The quantitative estimate of drug-likeness (QED) is 0.627. The Morgan fingerprint density at radius 2 is 2.17 bits per heavy atom. The molecule has 0 bridgehead atoms. The lowest BCUT2D eigenvalue weighted by molar-refractivity contribution is 0.709. The number of hydrogen-bond donors (Lipinski definition) is 1. The van der Waals surface area contributed by atoms with E-state index in [4.69, 9.17) is 0 Å². The topological polar surface area (TPSA) is 36.8 Å². The summed E-state index contributed by atoms with van der Waals surface area (Å²) in [7, 11) is 0. The smallest absolute Gasteiger partial charge is 0.0655 e. The monoisotopic (exact) mass is 163 g/mol. The lowest BCUT2D eigenvalue weighted by Gasteiger charge is -2.06. The predicted molar refractivity (Wildman–Crippen MR) is 50.2 cm³/mol. The van der Waals surface area contributed by atoms with E-state index in [0.717, 1.165) is 5.71 Å². The Kier molecular flexibility index (Phi) is 2.21. The summed E-state index contributed by atoms with van der Waals surface area (Å²) in [6.45, 7) is 0. The molecular formula is C9H13N3. The van der Waals surface area contributed by atoms with Crippen LogP contribution in [0.15, 0.2) is 22.4 Å².